The van der Waals surface area contributed by atoms with Crippen molar-refractivity contribution >= 4 is 33.3 Å². The lowest BCUT2D eigenvalue weighted by Gasteiger charge is -2.35. The predicted molar refractivity (Wildman–Crippen MR) is 146 cm³/mol. The molecule has 1 aliphatic rings. The summed E-state index contributed by atoms with van der Waals surface area (Å²) in [4.78, 5) is 27.6. The summed E-state index contributed by atoms with van der Waals surface area (Å²) in [5.41, 5.74) is 2.14. The quantitative estimate of drug-likeness (QED) is 0.414. The van der Waals surface area contributed by atoms with Crippen molar-refractivity contribution < 1.29 is 27.5 Å². The van der Waals surface area contributed by atoms with Gasteiger partial charge in [0.25, 0.3) is 10.0 Å². The van der Waals surface area contributed by atoms with Crippen LogP contribution < -0.4 is 24.0 Å². The molecule has 0 radical (unpaired) electrons. The van der Waals surface area contributed by atoms with Crippen molar-refractivity contribution in [2.24, 2.45) is 0 Å². The number of hydrogen-bond acceptors (Lipinski definition) is 6. The Morgan fingerprint density at radius 2 is 1.66 bits per heavy atom. The zero-order valence-corrected chi connectivity index (χ0v) is 22.5. The summed E-state index contributed by atoms with van der Waals surface area (Å²) >= 11 is 0. The van der Waals surface area contributed by atoms with Crippen molar-refractivity contribution in [3.63, 3.8) is 0 Å². The highest BCUT2D eigenvalue weighted by molar-refractivity contribution is 7.94. The number of aryl methyl sites for hydroxylation is 1. The van der Waals surface area contributed by atoms with Gasteiger partial charge >= 0.3 is 6.03 Å². The maximum atomic E-state index is 13.5. The van der Waals surface area contributed by atoms with E-state index in [2.05, 4.69) is 5.32 Å². The van der Waals surface area contributed by atoms with E-state index in [-0.39, 0.29) is 22.8 Å². The number of fused-ring (bicyclic) bond motifs is 1. The molecule has 10 heteroatoms. The van der Waals surface area contributed by atoms with Crippen LogP contribution in [0.25, 0.3) is 0 Å². The second-order valence-electron chi connectivity index (χ2n) is 8.69. The summed E-state index contributed by atoms with van der Waals surface area (Å²) in [6.07, 6.45) is 0.534. The van der Waals surface area contributed by atoms with E-state index >= 15 is 0 Å². The molecule has 0 unspecified atom stereocenters. The molecule has 0 saturated heterocycles. The van der Waals surface area contributed by atoms with Gasteiger partial charge in [-0.25, -0.2) is 13.2 Å². The Labute approximate surface area is 223 Å². The molecular weight excluding hydrogens is 506 g/mol. The molecule has 3 aromatic rings. The van der Waals surface area contributed by atoms with E-state index in [0.29, 0.717) is 37.7 Å². The average molecular weight is 538 g/mol. The Bertz CT molecular complexity index is 1440. The van der Waals surface area contributed by atoms with Gasteiger partial charge in [0.2, 0.25) is 5.91 Å². The lowest BCUT2D eigenvalue weighted by atomic mass is 10.1. The number of para-hydroxylation sites is 1. The van der Waals surface area contributed by atoms with Gasteiger partial charge in [-0.2, -0.15) is 4.31 Å². The van der Waals surface area contributed by atoms with E-state index in [0.717, 1.165) is 15.4 Å². The van der Waals surface area contributed by atoms with Crippen LogP contribution in [0.4, 0.5) is 16.2 Å². The van der Waals surface area contributed by atoms with Gasteiger partial charge in [0, 0.05) is 6.54 Å². The Morgan fingerprint density at radius 1 is 0.921 bits per heavy atom. The molecule has 0 spiro atoms. The third-order valence-corrected chi connectivity index (χ3v) is 7.71. The Balaban J connectivity index is 1.50. The standard InChI is InChI=1S/C28H31N3O6S/c1-4-36-24-14-13-21(18-25(24)37-5-2)15-16-29-27(32)19-30-23-11-6-7-12-26(23)38(34,35)31(28(30)33)22-10-8-9-20(3)17-22/h6-14,17-18H,4-5,15-16,19H2,1-3H3,(H,29,32). The summed E-state index contributed by atoms with van der Waals surface area (Å²) < 4.78 is 38.8. The molecule has 9 nitrogen and oxygen atoms in total. The van der Waals surface area contributed by atoms with E-state index in [1.807, 2.05) is 45.0 Å². The Hall–Kier alpha value is -4.05. The van der Waals surface area contributed by atoms with E-state index in [1.165, 1.54) is 17.0 Å². The van der Waals surface area contributed by atoms with Crippen molar-refractivity contribution in [3.05, 3.63) is 77.9 Å². The van der Waals surface area contributed by atoms with Crippen molar-refractivity contribution in [1.82, 2.24) is 5.32 Å². The Kier molecular flexibility index (Phi) is 8.21. The van der Waals surface area contributed by atoms with Gasteiger partial charge in [0.05, 0.1) is 24.6 Å². The van der Waals surface area contributed by atoms with Crippen molar-refractivity contribution in [1.29, 1.82) is 0 Å². The lowest BCUT2D eigenvalue weighted by Crippen LogP contribution is -2.53. The number of benzene rings is 3. The van der Waals surface area contributed by atoms with Gasteiger partial charge < -0.3 is 14.8 Å². The van der Waals surface area contributed by atoms with Crippen LogP contribution in [0.5, 0.6) is 11.5 Å². The third-order valence-electron chi connectivity index (χ3n) is 5.96. The maximum absolute atomic E-state index is 13.5. The van der Waals surface area contributed by atoms with E-state index in [4.69, 9.17) is 9.47 Å². The molecule has 0 aliphatic carbocycles. The SMILES string of the molecule is CCOc1ccc(CCNC(=O)CN2C(=O)N(c3cccc(C)c3)S(=O)(=O)c3ccccc32)cc1OCC. The number of anilines is 2. The molecular formula is C28H31N3O6S. The number of carbonyl (C=O) groups is 2. The largest absolute Gasteiger partial charge is 0.490 e. The van der Waals surface area contributed by atoms with E-state index in [1.54, 1.807) is 30.3 Å². The first-order chi connectivity index (χ1) is 18.3. The van der Waals surface area contributed by atoms with E-state index < -0.39 is 22.0 Å². The topological polar surface area (TPSA) is 105 Å². The fourth-order valence-electron chi connectivity index (χ4n) is 4.27. The first-order valence-electron chi connectivity index (χ1n) is 12.4. The van der Waals surface area contributed by atoms with Gasteiger partial charge in [-0.05, 0) is 74.7 Å². The van der Waals surface area contributed by atoms with Crippen LogP contribution in [0.15, 0.2) is 71.6 Å². The van der Waals surface area contributed by atoms with Crippen LogP contribution in [0.2, 0.25) is 0 Å². The van der Waals surface area contributed by atoms with Gasteiger partial charge in [0.1, 0.15) is 11.4 Å². The second-order valence-corrected chi connectivity index (χ2v) is 10.4. The average Bonchev–Trinajstić information content (AvgIpc) is 2.88. The first-order valence-corrected chi connectivity index (χ1v) is 13.9. The number of rotatable bonds is 10. The minimum absolute atomic E-state index is 0.0354. The van der Waals surface area contributed by atoms with Crippen LogP contribution in [0, 0.1) is 6.92 Å². The minimum Gasteiger partial charge on any atom is -0.490 e. The van der Waals surface area contributed by atoms with Gasteiger partial charge in [-0.3, -0.25) is 9.69 Å². The Morgan fingerprint density at radius 3 is 2.39 bits per heavy atom. The normalized spacial score (nSPS) is 14.1. The molecule has 0 aromatic heterocycles. The molecule has 38 heavy (non-hydrogen) atoms. The highest BCUT2D eigenvalue weighted by Gasteiger charge is 2.43. The summed E-state index contributed by atoms with van der Waals surface area (Å²) in [6.45, 7) is 6.62. The second kappa shape index (κ2) is 11.6. The van der Waals surface area contributed by atoms with Crippen molar-refractivity contribution in [3.8, 4) is 11.5 Å². The summed E-state index contributed by atoms with van der Waals surface area (Å²) in [6, 6.07) is 17.7. The molecule has 1 N–H and O–H groups in total. The van der Waals surface area contributed by atoms with Crippen LogP contribution >= 0.6 is 0 Å². The molecule has 1 heterocycles. The number of amides is 3. The zero-order valence-electron chi connectivity index (χ0n) is 21.6. The highest BCUT2D eigenvalue weighted by atomic mass is 32.2. The van der Waals surface area contributed by atoms with Crippen molar-refractivity contribution in [2.75, 3.05) is 35.5 Å². The number of nitrogens with one attached hydrogen (secondary N) is 1. The number of ether oxygens (including phenoxy) is 2. The number of sulfonamides is 1. The molecule has 3 amide bonds. The summed E-state index contributed by atoms with van der Waals surface area (Å²) in [5, 5.41) is 2.83. The zero-order chi connectivity index (χ0) is 27.3. The monoisotopic (exact) mass is 537 g/mol. The van der Waals surface area contributed by atoms with Crippen LogP contribution in [0.3, 0.4) is 0 Å². The molecule has 4 rings (SSSR count). The minimum atomic E-state index is -4.15. The molecule has 200 valence electrons. The van der Waals surface area contributed by atoms with Gasteiger partial charge in [-0.15, -0.1) is 0 Å². The van der Waals surface area contributed by atoms with Crippen LogP contribution in [0.1, 0.15) is 25.0 Å². The third kappa shape index (κ3) is 5.60. The number of urea groups is 1. The van der Waals surface area contributed by atoms with Gasteiger partial charge in [0.15, 0.2) is 11.5 Å². The molecule has 0 saturated carbocycles. The summed E-state index contributed by atoms with van der Waals surface area (Å²) in [7, 11) is -4.15. The fourth-order valence-corrected chi connectivity index (χ4v) is 5.85. The van der Waals surface area contributed by atoms with Crippen LogP contribution in [-0.2, 0) is 21.2 Å². The molecule has 0 bridgehead atoms. The van der Waals surface area contributed by atoms with Crippen molar-refractivity contribution in [2.45, 2.75) is 32.1 Å². The predicted octanol–water partition coefficient (Wildman–Crippen LogP) is 4.29. The number of hydrogen-bond donors (Lipinski definition) is 1. The smallest absolute Gasteiger partial charge is 0.343 e. The first kappa shape index (κ1) is 27.0. The van der Waals surface area contributed by atoms with Gasteiger partial charge in [-0.1, -0.05) is 30.3 Å². The molecule has 1 aliphatic heterocycles. The highest BCUT2D eigenvalue weighted by Crippen LogP contribution is 2.37. The maximum Gasteiger partial charge on any atom is 0.343 e. The fraction of sp³-hybridized carbons (Fsp3) is 0.286. The summed E-state index contributed by atoms with van der Waals surface area (Å²) in [5.74, 6) is 0.899. The molecule has 0 atom stereocenters. The number of carbonyl (C=O) groups excluding carboxylic acids is 2. The van der Waals surface area contributed by atoms with Crippen LogP contribution in [-0.4, -0.2) is 46.7 Å². The van der Waals surface area contributed by atoms with E-state index in [9.17, 15) is 18.0 Å². The number of nitrogens with zero attached hydrogens (tertiary/aromatic N) is 2. The lowest BCUT2D eigenvalue weighted by molar-refractivity contribution is -0.119. The molecule has 0 fully saturated rings. The molecule has 3 aromatic carbocycles.